The molecule has 0 aliphatic carbocycles. The zero-order valence-corrected chi connectivity index (χ0v) is 10.9. The Labute approximate surface area is 101 Å². The van der Waals surface area contributed by atoms with Gasteiger partial charge in [0.25, 0.3) is 0 Å². The van der Waals surface area contributed by atoms with Gasteiger partial charge in [0.1, 0.15) is 0 Å². The monoisotopic (exact) mass is 240 g/mol. The van der Waals surface area contributed by atoms with Crippen LogP contribution in [0.5, 0.6) is 0 Å². The minimum Gasteiger partial charge on any atom is -0.350 e. The molecule has 1 aromatic heterocycles. The van der Waals surface area contributed by atoms with Crippen LogP contribution >= 0.6 is 11.3 Å². The Morgan fingerprint density at radius 2 is 2.25 bits per heavy atom. The molecule has 0 saturated carbocycles. The van der Waals surface area contributed by atoms with Gasteiger partial charge in [-0.25, -0.2) is 0 Å². The number of hydrogen-bond acceptors (Lipinski definition) is 3. The lowest BCUT2D eigenvalue weighted by Crippen LogP contribution is -2.40. The van der Waals surface area contributed by atoms with Crippen molar-refractivity contribution in [1.29, 1.82) is 0 Å². The summed E-state index contributed by atoms with van der Waals surface area (Å²) in [7, 11) is 0. The van der Waals surface area contributed by atoms with Gasteiger partial charge in [-0.2, -0.15) is 0 Å². The van der Waals surface area contributed by atoms with Crippen LogP contribution in [0.3, 0.4) is 0 Å². The fourth-order valence-electron chi connectivity index (χ4n) is 1.50. The average Bonchev–Trinajstić information content (AvgIpc) is 2.59. The number of rotatable bonds is 5. The predicted octanol–water partition coefficient (Wildman–Crippen LogP) is 2.05. The fraction of sp³-hybridized carbons (Fsp3) is 0.583. The predicted molar refractivity (Wildman–Crippen MR) is 68.3 cm³/mol. The largest absolute Gasteiger partial charge is 0.350 e. The third-order valence-electron chi connectivity index (χ3n) is 2.45. The van der Waals surface area contributed by atoms with Gasteiger partial charge in [-0.3, -0.25) is 4.79 Å². The van der Waals surface area contributed by atoms with Gasteiger partial charge in [0, 0.05) is 4.88 Å². The standard InChI is InChI=1S/C12H20N2OS/c1-8(2)6-10(13)12(15)14-7-11-9(3)4-5-16-11/h4-5,8,10H,6-7,13H2,1-3H3,(H,14,15)/t10-/m1/s1. The molecule has 0 spiro atoms. The molecule has 1 heterocycles. The van der Waals surface area contributed by atoms with Crippen molar-refractivity contribution in [3.05, 3.63) is 21.9 Å². The average molecular weight is 240 g/mol. The van der Waals surface area contributed by atoms with E-state index in [9.17, 15) is 4.79 Å². The van der Waals surface area contributed by atoms with E-state index >= 15 is 0 Å². The lowest BCUT2D eigenvalue weighted by Gasteiger charge is -2.13. The van der Waals surface area contributed by atoms with Crippen molar-refractivity contribution in [2.75, 3.05) is 0 Å². The normalized spacial score (nSPS) is 12.8. The van der Waals surface area contributed by atoms with Crippen molar-refractivity contribution in [2.24, 2.45) is 11.7 Å². The summed E-state index contributed by atoms with van der Waals surface area (Å²) in [6, 6.07) is 1.67. The summed E-state index contributed by atoms with van der Waals surface area (Å²) in [5.41, 5.74) is 7.01. The quantitative estimate of drug-likeness (QED) is 0.827. The van der Waals surface area contributed by atoms with Crippen molar-refractivity contribution >= 4 is 17.2 Å². The SMILES string of the molecule is Cc1ccsc1CNC(=O)[C@H](N)CC(C)C. The number of nitrogens with two attached hydrogens (primary N) is 1. The van der Waals surface area contributed by atoms with E-state index in [1.807, 2.05) is 12.3 Å². The van der Waals surface area contributed by atoms with Gasteiger partial charge in [-0.1, -0.05) is 13.8 Å². The first kappa shape index (κ1) is 13.2. The van der Waals surface area contributed by atoms with E-state index in [1.165, 1.54) is 10.4 Å². The number of hydrogen-bond donors (Lipinski definition) is 2. The number of carbonyl (C=O) groups excluding carboxylic acids is 1. The topological polar surface area (TPSA) is 55.1 Å². The second kappa shape index (κ2) is 6.01. The highest BCUT2D eigenvalue weighted by Crippen LogP contribution is 2.14. The minimum atomic E-state index is -0.389. The smallest absolute Gasteiger partial charge is 0.237 e. The van der Waals surface area contributed by atoms with Crippen LogP contribution in [0.1, 0.15) is 30.7 Å². The van der Waals surface area contributed by atoms with E-state index in [4.69, 9.17) is 5.73 Å². The highest BCUT2D eigenvalue weighted by atomic mass is 32.1. The number of nitrogens with one attached hydrogen (secondary N) is 1. The van der Waals surface area contributed by atoms with Crippen molar-refractivity contribution in [1.82, 2.24) is 5.32 Å². The molecule has 4 heteroatoms. The van der Waals surface area contributed by atoms with Crippen molar-refractivity contribution in [3.63, 3.8) is 0 Å². The van der Waals surface area contributed by atoms with Gasteiger partial charge in [-0.15, -0.1) is 11.3 Å². The Kier molecular flexibility index (Phi) is 4.96. The molecule has 0 unspecified atom stereocenters. The van der Waals surface area contributed by atoms with Crippen LogP contribution in [0.4, 0.5) is 0 Å². The van der Waals surface area contributed by atoms with Gasteiger partial charge in [0.2, 0.25) is 5.91 Å². The van der Waals surface area contributed by atoms with Crippen LogP contribution < -0.4 is 11.1 Å². The summed E-state index contributed by atoms with van der Waals surface area (Å²) in [4.78, 5) is 12.9. The minimum absolute atomic E-state index is 0.0542. The van der Waals surface area contributed by atoms with Crippen LogP contribution in [0, 0.1) is 12.8 Å². The fourth-order valence-corrected chi connectivity index (χ4v) is 2.34. The number of carbonyl (C=O) groups is 1. The molecule has 3 N–H and O–H groups in total. The van der Waals surface area contributed by atoms with Crippen LogP contribution in [-0.2, 0) is 11.3 Å². The van der Waals surface area contributed by atoms with Gasteiger partial charge in [0.05, 0.1) is 12.6 Å². The first-order valence-electron chi connectivity index (χ1n) is 5.57. The molecule has 16 heavy (non-hydrogen) atoms. The summed E-state index contributed by atoms with van der Waals surface area (Å²) >= 11 is 1.66. The highest BCUT2D eigenvalue weighted by molar-refractivity contribution is 7.10. The van der Waals surface area contributed by atoms with E-state index in [0.29, 0.717) is 12.5 Å². The van der Waals surface area contributed by atoms with Gasteiger partial charge >= 0.3 is 0 Å². The molecule has 1 aromatic rings. The van der Waals surface area contributed by atoms with E-state index in [0.717, 1.165) is 6.42 Å². The molecule has 1 atom stereocenters. The zero-order chi connectivity index (χ0) is 12.1. The molecule has 0 fully saturated rings. The highest BCUT2D eigenvalue weighted by Gasteiger charge is 2.14. The third-order valence-corrected chi connectivity index (χ3v) is 3.48. The zero-order valence-electron chi connectivity index (χ0n) is 10.1. The van der Waals surface area contributed by atoms with Gasteiger partial charge < -0.3 is 11.1 Å². The van der Waals surface area contributed by atoms with E-state index < -0.39 is 0 Å². The van der Waals surface area contributed by atoms with Crippen LogP contribution in [-0.4, -0.2) is 11.9 Å². The third kappa shape index (κ3) is 3.94. The Morgan fingerprint density at radius 3 is 2.75 bits per heavy atom. The summed E-state index contributed by atoms with van der Waals surface area (Å²) in [6.07, 6.45) is 0.731. The van der Waals surface area contributed by atoms with Crippen LogP contribution in [0.2, 0.25) is 0 Å². The molecule has 1 rings (SSSR count). The van der Waals surface area contributed by atoms with Crippen LogP contribution in [0.25, 0.3) is 0 Å². The Bertz CT molecular complexity index is 347. The second-order valence-electron chi connectivity index (χ2n) is 4.48. The Morgan fingerprint density at radius 1 is 1.56 bits per heavy atom. The van der Waals surface area contributed by atoms with Gasteiger partial charge in [0.15, 0.2) is 0 Å². The first-order valence-corrected chi connectivity index (χ1v) is 6.45. The maximum absolute atomic E-state index is 11.7. The van der Waals surface area contributed by atoms with Gasteiger partial charge in [-0.05, 0) is 36.3 Å². The molecule has 1 amide bonds. The maximum Gasteiger partial charge on any atom is 0.237 e. The molecule has 0 aliphatic heterocycles. The van der Waals surface area contributed by atoms with Crippen molar-refractivity contribution < 1.29 is 4.79 Å². The van der Waals surface area contributed by atoms with E-state index in [-0.39, 0.29) is 11.9 Å². The molecule has 3 nitrogen and oxygen atoms in total. The van der Waals surface area contributed by atoms with E-state index in [1.54, 1.807) is 11.3 Å². The second-order valence-corrected chi connectivity index (χ2v) is 5.48. The molecular formula is C12H20N2OS. The Balaban J connectivity index is 2.38. The van der Waals surface area contributed by atoms with E-state index in [2.05, 4.69) is 25.2 Å². The molecule has 0 aliphatic rings. The molecule has 0 radical (unpaired) electrons. The summed E-state index contributed by atoms with van der Waals surface area (Å²) in [5.74, 6) is 0.394. The Hall–Kier alpha value is -0.870. The molecule has 0 saturated heterocycles. The lowest BCUT2D eigenvalue weighted by atomic mass is 10.0. The molecular weight excluding hydrogens is 220 g/mol. The molecule has 90 valence electrons. The number of thiophene rings is 1. The summed E-state index contributed by atoms with van der Waals surface area (Å²) < 4.78 is 0. The summed E-state index contributed by atoms with van der Waals surface area (Å²) in [5, 5.41) is 4.91. The first-order chi connectivity index (χ1) is 7.50. The van der Waals surface area contributed by atoms with Crippen molar-refractivity contribution in [2.45, 2.75) is 39.8 Å². The lowest BCUT2D eigenvalue weighted by molar-refractivity contribution is -0.122. The van der Waals surface area contributed by atoms with Crippen LogP contribution in [0.15, 0.2) is 11.4 Å². The maximum atomic E-state index is 11.7. The summed E-state index contributed by atoms with van der Waals surface area (Å²) in [6.45, 7) is 6.77. The molecule has 0 aromatic carbocycles. The number of amides is 1. The molecule has 0 bridgehead atoms. The van der Waals surface area contributed by atoms with Crippen molar-refractivity contribution in [3.8, 4) is 0 Å². The number of aryl methyl sites for hydroxylation is 1.